The summed E-state index contributed by atoms with van der Waals surface area (Å²) in [4.78, 5) is 23.2. The van der Waals surface area contributed by atoms with Crippen LogP contribution in [0.2, 0.25) is 0 Å². The average molecular weight is 395 g/mol. The SMILES string of the molecule is Cc1cc(Nc2cnc(NC(=O)NC3CN(C)C4(COC4)C3)cc2C=N)ccn1. The zero-order valence-electron chi connectivity index (χ0n) is 16.5. The molecule has 4 heterocycles. The van der Waals surface area contributed by atoms with Gasteiger partial charge in [0.15, 0.2) is 0 Å². The van der Waals surface area contributed by atoms with Crippen molar-refractivity contribution in [1.82, 2.24) is 20.2 Å². The highest BCUT2D eigenvalue weighted by atomic mass is 16.5. The molecule has 0 aromatic carbocycles. The van der Waals surface area contributed by atoms with Crippen molar-refractivity contribution in [3.8, 4) is 0 Å². The van der Waals surface area contributed by atoms with Crippen LogP contribution in [0.5, 0.6) is 0 Å². The molecule has 9 heteroatoms. The number of anilines is 3. The lowest BCUT2D eigenvalue weighted by Crippen LogP contribution is -2.57. The number of pyridine rings is 2. The first-order chi connectivity index (χ1) is 14.0. The molecule has 4 N–H and O–H groups in total. The van der Waals surface area contributed by atoms with Gasteiger partial charge < -0.3 is 20.8 Å². The number of aryl methyl sites for hydroxylation is 1. The van der Waals surface area contributed by atoms with Gasteiger partial charge in [-0.1, -0.05) is 0 Å². The second-order valence-electron chi connectivity index (χ2n) is 7.71. The molecule has 2 fully saturated rings. The number of carbonyl (C=O) groups excluding carboxylic acids is 1. The maximum atomic E-state index is 12.4. The molecule has 1 unspecified atom stereocenters. The van der Waals surface area contributed by atoms with Crippen LogP contribution in [0.25, 0.3) is 0 Å². The topological polar surface area (TPSA) is 115 Å². The second kappa shape index (κ2) is 7.76. The molecule has 2 amide bonds. The van der Waals surface area contributed by atoms with Crippen molar-refractivity contribution in [3.63, 3.8) is 0 Å². The first-order valence-electron chi connectivity index (χ1n) is 9.54. The molecule has 29 heavy (non-hydrogen) atoms. The fourth-order valence-corrected chi connectivity index (χ4v) is 3.86. The van der Waals surface area contributed by atoms with Crippen molar-refractivity contribution in [1.29, 1.82) is 5.41 Å². The van der Waals surface area contributed by atoms with Gasteiger partial charge in [0.2, 0.25) is 0 Å². The zero-order chi connectivity index (χ0) is 20.4. The van der Waals surface area contributed by atoms with Gasteiger partial charge in [-0.15, -0.1) is 0 Å². The molecule has 0 aliphatic carbocycles. The van der Waals surface area contributed by atoms with Gasteiger partial charge in [0.25, 0.3) is 0 Å². The van der Waals surface area contributed by atoms with E-state index in [1.165, 1.54) is 6.21 Å². The molecular formula is C20H25N7O2. The average Bonchev–Trinajstić information content (AvgIpc) is 2.99. The molecule has 0 bridgehead atoms. The van der Waals surface area contributed by atoms with E-state index in [-0.39, 0.29) is 17.6 Å². The van der Waals surface area contributed by atoms with E-state index in [2.05, 4.69) is 37.9 Å². The van der Waals surface area contributed by atoms with E-state index in [1.807, 2.05) is 19.1 Å². The van der Waals surface area contributed by atoms with E-state index in [0.29, 0.717) is 17.1 Å². The third kappa shape index (κ3) is 4.06. The highest BCUT2D eigenvalue weighted by molar-refractivity contribution is 5.92. The van der Waals surface area contributed by atoms with Crippen LogP contribution in [-0.4, -0.2) is 65.5 Å². The lowest BCUT2D eigenvalue weighted by molar-refractivity contribution is -0.115. The minimum Gasteiger partial charge on any atom is -0.377 e. The summed E-state index contributed by atoms with van der Waals surface area (Å²) in [6, 6.07) is 5.20. The summed E-state index contributed by atoms with van der Waals surface area (Å²) in [5.74, 6) is 0.394. The number of nitrogens with zero attached hydrogens (tertiary/aromatic N) is 3. The molecule has 0 radical (unpaired) electrons. The Kier molecular flexibility index (Phi) is 5.16. The summed E-state index contributed by atoms with van der Waals surface area (Å²) in [5.41, 5.74) is 3.13. The number of urea groups is 1. The second-order valence-corrected chi connectivity index (χ2v) is 7.71. The standard InChI is InChI=1S/C20H25N7O2/c1-13-5-15(3-4-22-13)24-17-9-23-18(6-14(17)8-21)26-19(28)25-16-7-20(11-29-12-20)27(2)10-16/h3-6,8-9,16,21H,7,10-12H2,1-2H3,(H,22,24)(H2,23,25,26,28). The third-order valence-corrected chi connectivity index (χ3v) is 5.52. The minimum absolute atomic E-state index is 0.0713. The number of carbonyl (C=O) groups is 1. The van der Waals surface area contributed by atoms with E-state index in [0.717, 1.165) is 37.6 Å². The van der Waals surface area contributed by atoms with Gasteiger partial charge >= 0.3 is 6.03 Å². The molecule has 2 aliphatic heterocycles. The fraction of sp³-hybridized carbons (Fsp3) is 0.400. The van der Waals surface area contributed by atoms with Crippen molar-refractivity contribution in [3.05, 3.63) is 41.9 Å². The van der Waals surface area contributed by atoms with Gasteiger partial charge in [-0.2, -0.15) is 0 Å². The molecule has 2 aliphatic rings. The normalized spacial score (nSPS) is 20.1. The number of nitrogens with one attached hydrogen (secondary N) is 4. The van der Waals surface area contributed by atoms with Crippen LogP contribution in [-0.2, 0) is 4.74 Å². The molecule has 0 saturated carbocycles. The molecule has 152 valence electrons. The number of hydrogen-bond donors (Lipinski definition) is 4. The van der Waals surface area contributed by atoms with Crippen LogP contribution in [0, 0.1) is 12.3 Å². The Morgan fingerprint density at radius 2 is 2.21 bits per heavy atom. The first-order valence-corrected chi connectivity index (χ1v) is 9.54. The molecule has 2 aromatic heterocycles. The highest BCUT2D eigenvalue weighted by Gasteiger charge is 2.49. The van der Waals surface area contributed by atoms with Gasteiger partial charge in [-0.3, -0.25) is 15.2 Å². The molecule has 2 aromatic rings. The van der Waals surface area contributed by atoms with Crippen molar-refractivity contribution < 1.29 is 9.53 Å². The number of ether oxygens (including phenoxy) is 1. The van der Waals surface area contributed by atoms with Crippen molar-refractivity contribution in [2.24, 2.45) is 0 Å². The Morgan fingerprint density at radius 1 is 1.38 bits per heavy atom. The van der Waals surface area contributed by atoms with E-state index in [1.54, 1.807) is 18.5 Å². The quantitative estimate of drug-likeness (QED) is 0.577. The number of amides is 2. The number of hydrogen-bond acceptors (Lipinski definition) is 7. The lowest BCUT2D eigenvalue weighted by Gasteiger charge is -2.43. The Hall–Kier alpha value is -3.04. The smallest absolute Gasteiger partial charge is 0.320 e. The van der Waals surface area contributed by atoms with Gasteiger partial charge in [0, 0.05) is 41.9 Å². The molecule has 4 rings (SSSR count). The predicted molar refractivity (Wildman–Crippen MR) is 111 cm³/mol. The summed E-state index contributed by atoms with van der Waals surface area (Å²) in [6.07, 6.45) is 5.43. The molecule has 1 spiro atoms. The van der Waals surface area contributed by atoms with Gasteiger partial charge in [-0.25, -0.2) is 9.78 Å². The maximum absolute atomic E-state index is 12.4. The fourth-order valence-electron chi connectivity index (χ4n) is 3.86. The lowest BCUT2D eigenvalue weighted by atomic mass is 9.93. The van der Waals surface area contributed by atoms with Crippen molar-refractivity contribution >= 4 is 29.4 Å². The number of likely N-dealkylation sites (tertiary alicyclic amines) is 1. The van der Waals surface area contributed by atoms with Gasteiger partial charge in [0.1, 0.15) is 5.82 Å². The van der Waals surface area contributed by atoms with E-state index >= 15 is 0 Å². The summed E-state index contributed by atoms with van der Waals surface area (Å²) in [5, 5.41) is 16.7. The van der Waals surface area contributed by atoms with Crippen molar-refractivity contribution in [2.45, 2.75) is 24.9 Å². The Morgan fingerprint density at radius 3 is 2.86 bits per heavy atom. The van der Waals surface area contributed by atoms with Crippen LogP contribution >= 0.6 is 0 Å². The molecule has 9 nitrogen and oxygen atoms in total. The predicted octanol–water partition coefficient (Wildman–Crippen LogP) is 2.12. The Bertz CT molecular complexity index is 929. The van der Waals surface area contributed by atoms with Crippen LogP contribution in [0.15, 0.2) is 30.6 Å². The van der Waals surface area contributed by atoms with Gasteiger partial charge in [0.05, 0.1) is 30.6 Å². The first kappa shape index (κ1) is 19.3. The van der Waals surface area contributed by atoms with E-state index in [4.69, 9.17) is 10.1 Å². The maximum Gasteiger partial charge on any atom is 0.320 e. The van der Waals surface area contributed by atoms with Crippen LogP contribution in [0.4, 0.5) is 22.0 Å². The third-order valence-electron chi connectivity index (χ3n) is 5.52. The number of rotatable bonds is 5. The highest BCUT2D eigenvalue weighted by Crippen LogP contribution is 2.34. The number of likely N-dealkylation sites (N-methyl/N-ethyl adjacent to an activating group) is 1. The van der Waals surface area contributed by atoms with E-state index < -0.39 is 0 Å². The summed E-state index contributed by atoms with van der Waals surface area (Å²) >= 11 is 0. The minimum atomic E-state index is -0.297. The van der Waals surface area contributed by atoms with Crippen LogP contribution < -0.4 is 16.0 Å². The van der Waals surface area contributed by atoms with Crippen LogP contribution in [0.3, 0.4) is 0 Å². The largest absolute Gasteiger partial charge is 0.377 e. The molecule has 1 atom stereocenters. The van der Waals surface area contributed by atoms with E-state index in [9.17, 15) is 4.79 Å². The summed E-state index contributed by atoms with van der Waals surface area (Å²) in [6.45, 7) is 4.15. The number of aromatic nitrogens is 2. The van der Waals surface area contributed by atoms with Crippen molar-refractivity contribution in [2.75, 3.05) is 37.4 Å². The molecular weight excluding hydrogens is 370 g/mol. The zero-order valence-corrected chi connectivity index (χ0v) is 16.5. The summed E-state index contributed by atoms with van der Waals surface area (Å²) < 4.78 is 5.35. The Balaban J connectivity index is 1.38. The molecule has 2 saturated heterocycles. The summed E-state index contributed by atoms with van der Waals surface area (Å²) in [7, 11) is 2.07. The Labute approximate surface area is 169 Å². The van der Waals surface area contributed by atoms with Gasteiger partial charge in [-0.05, 0) is 38.6 Å². The monoisotopic (exact) mass is 395 g/mol. The van der Waals surface area contributed by atoms with Crippen LogP contribution in [0.1, 0.15) is 17.7 Å².